The number of amides is 1. The molecule has 1 aromatic heterocycles. The Hall–Kier alpha value is -2.95. The van der Waals surface area contributed by atoms with Gasteiger partial charge in [-0.05, 0) is 38.1 Å². The second kappa shape index (κ2) is 5.81. The first-order valence-corrected chi connectivity index (χ1v) is 7.01. The number of aryl methyl sites for hydroxylation is 1. The molecule has 0 saturated carbocycles. The van der Waals surface area contributed by atoms with E-state index in [0.29, 0.717) is 11.4 Å². The highest BCUT2D eigenvalue weighted by molar-refractivity contribution is 6.03. The molecule has 110 valence electrons. The van der Waals surface area contributed by atoms with E-state index in [1.165, 1.54) is 0 Å². The molecule has 1 heterocycles. The zero-order chi connectivity index (χ0) is 15.5. The Balaban J connectivity index is 1.85. The van der Waals surface area contributed by atoms with Crippen LogP contribution in [0.2, 0.25) is 0 Å². The lowest BCUT2D eigenvalue weighted by Crippen LogP contribution is -2.14. The molecular formula is C17H16N4O. The highest BCUT2D eigenvalue weighted by Crippen LogP contribution is 2.14. The molecular weight excluding hydrogens is 276 g/mol. The van der Waals surface area contributed by atoms with Crippen molar-refractivity contribution in [3.05, 3.63) is 71.5 Å². The number of rotatable bonds is 3. The van der Waals surface area contributed by atoms with Gasteiger partial charge < -0.3 is 5.32 Å². The SMILES string of the molecule is Cc1ccc(NC(=O)c2nnn(-c3ccccc3)c2C)cc1. The van der Waals surface area contributed by atoms with Crippen LogP contribution in [0.3, 0.4) is 0 Å². The van der Waals surface area contributed by atoms with Crippen LogP contribution >= 0.6 is 0 Å². The van der Waals surface area contributed by atoms with E-state index in [0.717, 1.165) is 16.9 Å². The predicted octanol–water partition coefficient (Wildman–Crippen LogP) is 3.14. The van der Waals surface area contributed by atoms with Crippen LogP contribution in [-0.2, 0) is 0 Å². The minimum Gasteiger partial charge on any atom is -0.321 e. The maximum Gasteiger partial charge on any atom is 0.278 e. The molecule has 0 atom stereocenters. The number of hydrogen-bond donors (Lipinski definition) is 1. The van der Waals surface area contributed by atoms with Crippen molar-refractivity contribution in [1.82, 2.24) is 15.0 Å². The Morgan fingerprint density at radius 1 is 1.00 bits per heavy atom. The van der Waals surface area contributed by atoms with Gasteiger partial charge in [-0.1, -0.05) is 41.1 Å². The summed E-state index contributed by atoms with van der Waals surface area (Å²) in [5, 5.41) is 10.9. The maximum atomic E-state index is 12.3. The maximum absolute atomic E-state index is 12.3. The average molecular weight is 292 g/mol. The first-order valence-electron chi connectivity index (χ1n) is 7.01. The first kappa shape index (κ1) is 14.0. The number of nitrogens with zero attached hydrogens (tertiary/aromatic N) is 3. The predicted molar refractivity (Wildman–Crippen MR) is 85.2 cm³/mol. The molecule has 0 fully saturated rings. The molecule has 0 spiro atoms. The van der Waals surface area contributed by atoms with Crippen molar-refractivity contribution in [2.24, 2.45) is 0 Å². The molecule has 1 amide bonds. The van der Waals surface area contributed by atoms with Crippen LogP contribution in [0.1, 0.15) is 21.7 Å². The summed E-state index contributed by atoms with van der Waals surface area (Å²) in [7, 11) is 0. The van der Waals surface area contributed by atoms with Gasteiger partial charge in [0.15, 0.2) is 5.69 Å². The van der Waals surface area contributed by atoms with E-state index < -0.39 is 0 Å². The van der Waals surface area contributed by atoms with Crippen LogP contribution in [0, 0.1) is 13.8 Å². The number of aromatic nitrogens is 3. The summed E-state index contributed by atoms with van der Waals surface area (Å²) in [5.74, 6) is -0.261. The standard InChI is InChI=1S/C17H16N4O/c1-12-8-10-14(11-9-12)18-17(22)16-13(2)21(20-19-16)15-6-4-3-5-7-15/h3-11H,1-2H3,(H,18,22). The van der Waals surface area contributed by atoms with Gasteiger partial charge in [0.25, 0.3) is 5.91 Å². The van der Waals surface area contributed by atoms with Crippen molar-refractivity contribution in [3.63, 3.8) is 0 Å². The Morgan fingerprint density at radius 2 is 1.68 bits per heavy atom. The second-order valence-corrected chi connectivity index (χ2v) is 5.09. The highest BCUT2D eigenvalue weighted by atomic mass is 16.2. The molecule has 0 bridgehead atoms. The monoisotopic (exact) mass is 292 g/mol. The molecule has 5 nitrogen and oxygen atoms in total. The molecule has 1 N–H and O–H groups in total. The molecule has 5 heteroatoms. The van der Waals surface area contributed by atoms with Gasteiger partial charge in [0.05, 0.1) is 11.4 Å². The molecule has 0 unspecified atom stereocenters. The molecule has 0 aliphatic heterocycles. The normalized spacial score (nSPS) is 10.5. The van der Waals surface area contributed by atoms with Crippen LogP contribution in [0.25, 0.3) is 5.69 Å². The molecule has 0 aliphatic rings. The van der Waals surface area contributed by atoms with E-state index in [-0.39, 0.29) is 5.91 Å². The Labute approximate surface area is 128 Å². The number of para-hydroxylation sites is 1. The molecule has 0 radical (unpaired) electrons. The summed E-state index contributed by atoms with van der Waals surface area (Å²) >= 11 is 0. The largest absolute Gasteiger partial charge is 0.321 e. The summed E-state index contributed by atoms with van der Waals surface area (Å²) in [6, 6.07) is 17.2. The Morgan fingerprint density at radius 3 is 2.36 bits per heavy atom. The Bertz CT molecular complexity index is 791. The molecule has 22 heavy (non-hydrogen) atoms. The van der Waals surface area contributed by atoms with Crippen LogP contribution < -0.4 is 5.32 Å². The van der Waals surface area contributed by atoms with Crippen molar-refractivity contribution < 1.29 is 4.79 Å². The third-order valence-corrected chi connectivity index (χ3v) is 3.42. The van der Waals surface area contributed by atoms with Crippen molar-refractivity contribution in [2.75, 3.05) is 5.32 Å². The first-order chi connectivity index (χ1) is 10.6. The fourth-order valence-corrected chi connectivity index (χ4v) is 2.18. The van der Waals surface area contributed by atoms with Gasteiger partial charge >= 0.3 is 0 Å². The third-order valence-electron chi connectivity index (χ3n) is 3.42. The van der Waals surface area contributed by atoms with Gasteiger partial charge in [0.2, 0.25) is 0 Å². The average Bonchev–Trinajstić information content (AvgIpc) is 2.92. The van der Waals surface area contributed by atoms with Crippen molar-refractivity contribution >= 4 is 11.6 Å². The van der Waals surface area contributed by atoms with Crippen molar-refractivity contribution in [1.29, 1.82) is 0 Å². The van der Waals surface area contributed by atoms with E-state index in [4.69, 9.17) is 0 Å². The molecule has 2 aromatic carbocycles. The molecule has 3 rings (SSSR count). The van der Waals surface area contributed by atoms with Gasteiger partial charge in [-0.15, -0.1) is 5.10 Å². The van der Waals surface area contributed by atoms with Gasteiger partial charge in [0, 0.05) is 5.69 Å². The fourth-order valence-electron chi connectivity index (χ4n) is 2.18. The zero-order valence-corrected chi connectivity index (χ0v) is 12.4. The third kappa shape index (κ3) is 2.74. The van der Waals surface area contributed by atoms with Gasteiger partial charge in [-0.25, -0.2) is 4.68 Å². The fraction of sp³-hybridized carbons (Fsp3) is 0.118. The van der Waals surface area contributed by atoms with E-state index in [1.54, 1.807) is 4.68 Å². The topological polar surface area (TPSA) is 59.8 Å². The van der Waals surface area contributed by atoms with Crippen LogP contribution in [0.4, 0.5) is 5.69 Å². The highest BCUT2D eigenvalue weighted by Gasteiger charge is 2.17. The smallest absolute Gasteiger partial charge is 0.278 e. The summed E-state index contributed by atoms with van der Waals surface area (Å²) in [4.78, 5) is 12.3. The lowest BCUT2D eigenvalue weighted by molar-refractivity contribution is 0.102. The van der Waals surface area contributed by atoms with E-state index in [1.807, 2.05) is 68.4 Å². The molecule has 3 aromatic rings. The Kier molecular flexibility index (Phi) is 3.70. The number of benzene rings is 2. The number of hydrogen-bond acceptors (Lipinski definition) is 3. The van der Waals surface area contributed by atoms with Crippen molar-refractivity contribution in [3.8, 4) is 5.69 Å². The quantitative estimate of drug-likeness (QED) is 0.806. The molecule has 0 aliphatic carbocycles. The van der Waals surface area contributed by atoms with Crippen LogP contribution in [0.5, 0.6) is 0 Å². The van der Waals surface area contributed by atoms with Gasteiger partial charge in [-0.3, -0.25) is 4.79 Å². The summed E-state index contributed by atoms with van der Waals surface area (Å²) < 4.78 is 1.66. The van der Waals surface area contributed by atoms with Crippen LogP contribution in [-0.4, -0.2) is 20.9 Å². The van der Waals surface area contributed by atoms with E-state index in [9.17, 15) is 4.79 Å². The number of carbonyl (C=O) groups is 1. The second-order valence-electron chi connectivity index (χ2n) is 5.09. The van der Waals surface area contributed by atoms with Gasteiger partial charge in [-0.2, -0.15) is 0 Å². The van der Waals surface area contributed by atoms with Gasteiger partial charge in [0.1, 0.15) is 0 Å². The number of nitrogens with one attached hydrogen (secondary N) is 1. The lowest BCUT2D eigenvalue weighted by Gasteiger charge is -2.05. The minimum atomic E-state index is -0.261. The molecule has 0 saturated heterocycles. The number of carbonyl (C=O) groups excluding carboxylic acids is 1. The van der Waals surface area contributed by atoms with E-state index >= 15 is 0 Å². The van der Waals surface area contributed by atoms with Crippen LogP contribution in [0.15, 0.2) is 54.6 Å². The lowest BCUT2D eigenvalue weighted by atomic mass is 10.2. The van der Waals surface area contributed by atoms with Crippen molar-refractivity contribution in [2.45, 2.75) is 13.8 Å². The minimum absolute atomic E-state index is 0.261. The number of anilines is 1. The summed E-state index contributed by atoms with van der Waals surface area (Å²) in [5.41, 5.74) is 3.79. The van der Waals surface area contributed by atoms with E-state index in [2.05, 4.69) is 15.6 Å². The zero-order valence-electron chi connectivity index (χ0n) is 12.4. The summed E-state index contributed by atoms with van der Waals surface area (Å²) in [6.45, 7) is 3.83. The summed E-state index contributed by atoms with van der Waals surface area (Å²) in [6.07, 6.45) is 0.